The lowest BCUT2D eigenvalue weighted by Gasteiger charge is -2.12. The van der Waals surface area contributed by atoms with Crippen LogP contribution in [-0.2, 0) is 0 Å². The molecular formula is C8H2ClF5N2O4. The van der Waals surface area contributed by atoms with Crippen LogP contribution in [0.15, 0.2) is 6.07 Å². The Balaban J connectivity index is 3.59. The van der Waals surface area contributed by atoms with E-state index in [4.69, 9.17) is 11.6 Å². The van der Waals surface area contributed by atoms with Crippen molar-refractivity contribution in [1.82, 2.24) is 4.98 Å². The number of nitrogens with zero attached hydrogens (tertiary/aromatic N) is 2. The van der Waals surface area contributed by atoms with Crippen LogP contribution in [0, 0.1) is 10.1 Å². The monoisotopic (exact) mass is 320 g/mol. The molecule has 0 saturated heterocycles. The first kappa shape index (κ1) is 16.0. The summed E-state index contributed by atoms with van der Waals surface area (Å²) in [6.45, 7) is 0. The van der Waals surface area contributed by atoms with E-state index < -0.39 is 45.8 Å². The van der Waals surface area contributed by atoms with Crippen LogP contribution in [0.3, 0.4) is 0 Å². The molecule has 0 aliphatic heterocycles. The zero-order valence-electron chi connectivity index (χ0n) is 8.95. The molecule has 1 rings (SSSR count). The van der Waals surface area contributed by atoms with Gasteiger partial charge in [-0.15, -0.1) is 13.2 Å². The van der Waals surface area contributed by atoms with E-state index in [-0.39, 0.29) is 6.07 Å². The summed E-state index contributed by atoms with van der Waals surface area (Å²) in [4.78, 5) is 22.9. The number of pyridine rings is 1. The largest absolute Gasteiger partial charge is 0.573 e. The Bertz CT molecular complexity index is 527. The number of rotatable bonds is 4. The molecule has 0 aliphatic carbocycles. The molecule has 0 N–H and O–H groups in total. The van der Waals surface area contributed by atoms with Crippen LogP contribution in [0.2, 0.25) is 0 Å². The second kappa shape index (κ2) is 5.53. The first-order valence-corrected chi connectivity index (χ1v) is 4.83. The van der Waals surface area contributed by atoms with Crippen molar-refractivity contribution in [2.75, 3.05) is 0 Å². The van der Waals surface area contributed by atoms with Crippen molar-refractivity contribution < 1.29 is 36.4 Å². The fraction of sp³-hybridized carbons (Fsp3) is 0.250. The smallest absolute Gasteiger partial charge is 0.396 e. The van der Waals surface area contributed by atoms with Crippen LogP contribution >= 0.6 is 11.6 Å². The normalized spacial score (nSPS) is 11.6. The summed E-state index contributed by atoms with van der Waals surface area (Å²) >= 11 is 4.87. The molecule has 0 saturated carbocycles. The Morgan fingerprint density at radius 3 is 2.35 bits per heavy atom. The summed E-state index contributed by atoms with van der Waals surface area (Å²) in [5.74, 6) is -1.65. The number of carbonyl (C=O) groups excluding carboxylic acids is 1. The topological polar surface area (TPSA) is 82.3 Å². The Hall–Kier alpha value is -2.04. The highest BCUT2D eigenvalue weighted by Gasteiger charge is 2.38. The van der Waals surface area contributed by atoms with Gasteiger partial charge in [0.1, 0.15) is 5.69 Å². The molecule has 6 nitrogen and oxygen atoms in total. The van der Waals surface area contributed by atoms with Gasteiger partial charge >= 0.3 is 12.0 Å². The third-order valence-electron chi connectivity index (χ3n) is 1.80. The average molecular weight is 321 g/mol. The summed E-state index contributed by atoms with van der Waals surface area (Å²) in [5.41, 5.74) is -4.21. The minimum absolute atomic E-state index is 0.0646. The molecule has 0 atom stereocenters. The summed E-state index contributed by atoms with van der Waals surface area (Å²) in [6, 6.07) is 0.0646. The fourth-order valence-corrected chi connectivity index (χ4v) is 1.26. The summed E-state index contributed by atoms with van der Waals surface area (Å²) in [6.07, 6.45) is -8.76. The molecule has 0 bridgehead atoms. The van der Waals surface area contributed by atoms with Crippen LogP contribution in [0.4, 0.5) is 27.6 Å². The first-order chi connectivity index (χ1) is 9.03. The quantitative estimate of drug-likeness (QED) is 0.368. The number of hydrogen-bond acceptors (Lipinski definition) is 5. The number of halogens is 6. The van der Waals surface area contributed by atoms with Crippen molar-refractivity contribution in [3.05, 3.63) is 27.6 Å². The Morgan fingerprint density at radius 2 is 2.00 bits per heavy atom. The number of ether oxygens (including phenoxy) is 1. The molecule has 110 valence electrons. The molecule has 12 heteroatoms. The van der Waals surface area contributed by atoms with Crippen LogP contribution in [-0.4, -0.2) is 21.5 Å². The molecule has 1 aromatic heterocycles. The van der Waals surface area contributed by atoms with Gasteiger partial charge in [-0.2, -0.15) is 0 Å². The molecule has 0 unspecified atom stereocenters. The van der Waals surface area contributed by atoms with E-state index in [1.54, 1.807) is 0 Å². The molecule has 0 fully saturated rings. The molecule has 0 aromatic carbocycles. The van der Waals surface area contributed by atoms with Crippen LogP contribution in [0.25, 0.3) is 0 Å². The average Bonchev–Trinajstić information content (AvgIpc) is 2.25. The molecule has 0 radical (unpaired) electrons. The minimum atomic E-state index is -5.40. The Morgan fingerprint density at radius 1 is 1.45 bits per heavy atom. The lowest BCUT2D eigenvalue weighted by Crippen LogP contribution is -2.20. The van der Waals surface area contributed by atoms with Gasteiger partial charge in [0.25, 0.3) is 11.7 Å². The van der Waals surface area contributed by atoms with Gasteiger partial charge in [0, 0.05) is 6.07 Å². The summed E-state index contributed by atoms with van der Waals surface area (Å²) < 4.78 is 64.4. The van der Waals surface area contributed by atoms with Crippen LogP contribution in [0.1, 0.15) is 22.6 Å². The highest BCUT2D eigenvalue weighted by molar-refractivity contribution is 6.67. The zero-order chi connectivity index (χ0) is 15.7. The summed E-state index contributed by atoms with van der Waals surface area (Å²) in [5, 5.41) is 8.88. The van der Waals surface area contributed by atoms with E-state index in [2.05, 4.69) is 9.72 Å². The van der Waals surface area contributed by atoms with E-state index in [1.165, 1.54) is 0 Å². The van der Waals surface area contributed by atoms with Gasteiger partial charge in [0.15, 0.2) is 5.69 Å². The van der Waals surface area contributed by atoms with Gasteiger partial charge in [-0.05, 0) is 11.6 Å². The highest BCUT2D eigenvalue weighted by Crippen LogP contribution is 2.37. The molecule has 1 heterocycles. The van der Waals surface area contributed by atoms with Crippen molar-refractivity contribution in [2.45, 2.75) is 12.8 Å². The molecular weight excluding hydrogens is 319 g/mol. The lowest BCUT2D eigenvalue weighted by atomic mass is 10.2. The maximum Gasteiger partial charge on any atom is 0.573 e. The standard InChI is InChI=1S/C8H2ClF5N2O4/c9-6(17)4-5(20-8(12,13)14)3(16(18)19)1-2(15-4)7(10)11/h1,7H. The van der Waals surface area contributed by atoms with E-state index in [1.807, 2.05) is 0 Å². The number of alkyl halides is 5. The van der Waals surface area contributed by atoms with E-state index in [9.17, 15) is 36.9 Å². The molecule has 20 heavy (non-hydrogen) atoms. The van der Waals surface area contributed by atoms with Gasteiger partial charge in [0.05, 0.1) is 4.92 Å². The van der Waals surface area contributed by atoms with E-state index >= 15 is 0 Å². The van der Waals surface area contributed by atoms with Crippen molar-refractivity contribution in [3.63, 3.8) is 0 Å². The lowest BCUT2D eigenvalue weighted by molar-refractivity contribution is -0.388. The third kappa shape index (κ3) is 3.73. The number of aromatic nitrogens is 1. The number of carbonyl (C=O) groups is 1. The second-order valence-corrected chi connectivity index (χ2v) is 3.47. The maximum absolute atomic E-state index is 12.4. The molecule has 0 spiro atoms. The summed E-state index contributed by atoms with van der Waals surface area (Å²) in [7, 11) is 0. The highest BCUT2D eigenvalue weighted by atomic mass is 35.5. The second-order valence-electron chi connectivity index (χ2n) is 3.12. The first-order valence-electron chi connectivity index (χ1n) is 4.46. The molecule has 0 amide bonds. The van der Waals surface area contributed by atoms with Crippen molar-refractivity contribution in [3.8, 4) is 5.75 Å². The van der Waals surface area contributed by atoms with Gasteiger partial charge in [-0.1, -0.05) is 0 Å². The minimum Gasteiger partial charge on any atom is -0.396 e. The zero-order valence-corrected chi connectivity index (χ0v) is 9.71. The van der Waals surface area contributed by atoms with Gasteiger partial charge in [-0.25, -0.2) is 13.8 Å². The van der Waals surface area contributed by atoms with Gasteiger partial charge in [-0.3, -0.25) is 14.9 Å². The Kier molecular flexibility index (Phi) is 4.43. The van der Waals surface area contributed by atoms with Crippen LogP contribution < -0.4 is 4.74 Å². The van der Waals surface area contributed by atoms with Crippen molar-refractivity contribution in [2.24, 2.45) is 0 Å². The number of hydrogen-bond donors (Lipinski definition) is 0. The maximum atomic E-state index is 12.4. The van der Waals surface area contributed by atoms with Crippen molar-refractivity contribution >= 4 is 22.5 Å². The predicted octanol–water partition coefficient (Wildman–Crippen LogP) is 3.21. The SMILES string of the molecule is O=C(Cl)c1nc(C(F)F)cc([N+](=O)[O-])c1OC(F)(F)F. The van der Waals surface area contributed by atoms with E-state index in [0.29, 0.717) is 0 Å². The van der Waals surface area contributed by atoms with Crippen molar-refractivity contribution in [1.29, 1.82) is 0 Å². The third-order valence-corrected chi connectivity index (χ3v) is 1.98. The molecule has 1 aromatic rings. The fourth-order valence-electron chi connectivity index (χ4n) is 1.14. The van der Waals surface area contributed by atoms with Gasteiger partial charge in [0.2, 0.25) is 5.75 Å². The van der Waals surface area contributed by atoms with Crippen LogP contribution in [0.5, 0.6) is 5.75 Å². The Labute approximate surface area is 111 Å². The van der Waals surface area contributed by atoms with Gasteiger partial charge < -0.3 is 4.74 Å². The van der Waals surface area contributed by atoms with E-state index in [0.717, 1.165) is 0 Å². The number of nitro groups is 1. The molecule has 0 aliphatic rings. The predicted molar refractivity (Wildman–Crippen MR) is 52.7 cm³/mol.